The van der Waals surface area contributed by atoms with Crippen LogP contribution in [-0.2, 0) is 17.5 Å². The molecule has 1 aliphatic heterocycles. The van der Waals surface area contributed by atoms with Gasteiger partial charge in [0, 0.05) is 29.1 Å². The molecule has 0 saturated carbocycles. The number of benzene rings is 3. The smallest absolute Gasteiger partial charge is 0.321 e. The van der Waals surface area contributed by atoms with Gasteiger partial charge in [-0.05, 0) is 41.4 Å². The first-order valence-corrected chi connectivity index (χ1v) is 18.3. The van der Waals surface area contributed by atoms with Gasteiger partial charge >= 0.3 is 6.03 Å². The molecular formula is C32H40N2O2S2Si. The lowest BCUT2D eigenvalue weighted by Crippen LogP contribution is -2.39. The quantitative estimate of drug-likeness (QED) is 0.169. The molecule has 39 heavy (non-hydrogen) atoms. The van der Waals surface area contributed by atoms with Crippen LogP contribution in [-0.4, -0.2) is 41.3 Å². The van der Waals surface area contributed by atoms with Gasteiger partial charge in [0.15, 0.2) is 0 Å². The van der Waals surface area contributed by atoms with Crippen molar-refractivity contribution in [2.24, 2.45) is 0 Å². The molecule has 7 heteroatoms. The van der Waals surface area contributed by atoms with Crippen LogP contribution in [0.25, 0.3) is 0 Å². The topological polar surface area (TPSA) is 32.8 Å². The molecule has 0 aromatic heterocycles. The van der Waals surface area contributed by atoms with Gasteiger partial charge in [0.2, 0.25) is 8.32 Å². The number of rotatable bonds is 11. The Kier molecular flexibility index (Phi) is 9.91. The van der Waals surface area contributed by atoms with Crippen LogP contribution in [0.2, 0.25) is 18.1 Å². The average Bonchev–Trinajstić information content (AvgIpc) is 3.14. The van der Waals surface area contributed by atoms with Crippen LogP contribution in [0.15, 0.2) is 108 Å². The summed E-state index contributed by atoms with van der Waals surface area (Å²) in [7, 11) is -1.86. The Morgan fingerprint density at radius 1 is 0.821 bits per heavy atom. The SMILES string of the molecule is CC(C)(C)[Si](C)(C)O/C=C/SC[C@H]1C(Sc2ccccc2)N(Cc2ccccc2)C(=O)N1Cc1ccccc1. The van der Waals surface area contributed by atoms with Gasteiger partial charge in [-0.3, -0.25) is 0 Å². The molecule has 3 aromatic carbocycles. The van der Waals surface area contributed by atoms with E-state index in [1.807, 2.05) is 48.7 Å². The lowest BCUT2D eigenvalue weighted by molar-refractivity contribution is 0.184. The van der Waals surface area contributed by atoms with E-state index >= 15 is 0 Å². The van der Waals surface area contributed by atoms with Gasteiger partial charge in [0.1, 0.15) is 5.37 Å². The number of amides is 2. The standard InChI is InChI=1S/C32H40N2O2S2Si/c1-32(2,3)39(4,5)36-21-22-37-25-29-30(38-28-19-13-8-14-20-28)34(24-27-17-11-7-12-18-27)31(35)33(29)23-26-15-9-6-10-16-26/h6-22,29-30H,23-25H2,1-5H3/b22-21+/t29-,30?/m0/s1. The monoisotopic (exact) mass is 576 g/mol. The fourth-order valence-electron chi connectivity index (χ4n) is 4.20. The Morgan fingerprint density at radius 3 is 1.87 bits per heavy atom. The van der Waals surface area contributed by atoms with Crippen LogP contribution < -0.4 is 0 Å². The number of nitrogens with zero attached hydrogens (tertiary/aromatic N) is 2. The van der Waals surface area contributed by atoms with Crippen molar-refractivity contribution >= 4 is 37.9 Å². The number of hydrogen-bond acceptors (Lipinski definition) is 4. The second-order valence-electron chi connectivity index (χ2n) is 11.4. The van der Waals surface area contributed by atoms with Gasteiger partial charge in [-0.25, -0.2) is 4.79 Å². The van der Waals surface area contributed by atoms with Crippen LogP contribution >= 0.6 is 23.5 Å². The van der Waals surface area contributed by atoms with E-state index in [0.717, 1.165) is 16.9 Å². The molecule has 3 aromatic rings. The fraction of sp³-hybridized carbons (Fsp3) is 0.344. The van der Waals surface area contributed by atoms with Crippen molar-refractivity contribution in [3.05, 3.63) is 114 Å². The number of carbonyl (C=O) groups excluding carboxylic acids is 1. The average molecular weight is 577 g/mol. The van der Waals surface area contributed by atoms with Gasteiger partial charge < -0.3 is 14.2 Å². The Labute approximate surface area is 244 Å². The molecule has 0 aliphatic carbocycles. The number of hydrogen-bond donors (Lipinski definition) is 0. The highest BCUT2D eigenvalue weighted by Crippen LogP contribution is 2.39. The van der Waals surface area contributed by atoms with E-state index in [2.05, 4.69) is 97.6 Å². The highest BCUT2D eigenvalue weighted by atomic mass is 32.2. The first-order valence-electron chi connectivity index (χ1n) is 13.5. The van der Waals surface area contributed by atoms with E-state index in [9.17, 15) is 4.79 Å². The molecule has 4 rings (SSSR count). The minimum atomic E-state index is -1.86. The fourth-order valence-corrected chi connectivity index (χ4v) is 7.27. The summed E-state index contributed by atoms with van der Waals surface area (Å²) in [5.41, 5.74) is 2.28. The minimum absolute atomic E-state index is 0.0222. The first kappa shape index (κ1) is 29.4. The van der Waals surface area contributed by atoms with Crippen LogP contribution in [0.4, 0.5) is 4.79 Å². The zero-order chi connectivity index (χ0) is 27.9. The summed E-state index contributed by atoms with van der Waals surface area (Å²) in [4.78, 5) is 19.3. The zero-order valence-electron chi connectivity index (χ0n) is 23.6. The molecule has 1 heterocycles. The van der Waals surface area contributed by atoms with E-state index in [1.54, 1.807) is 23.5 Å². The molecule has 1 aliphatic rings. The molecule has 0 N–H and O–H groups in total. The van der Waals surface area contributed by atoms with Gasteiger partial charge in [-0.1, -0.05) is 111 Å². The van der Waals surface area contributed by atoms with Crippen molar-refractivity contribution in [2.75, 3.05) is 5.75 Å². The Morgan fingerprint density at radius 2 is 1.33 bits per heavy atom. The Balaban J connectivity index is 1.59. The maximum absolute atomic E-state index is 14.0. The van der Waals surface area contributed by atoms with Gasteiger partial charge in [-0.15, -0.1) is 11.8 Å². The van der Waals surface area contributed by atoms with Crippen molar-refractivity contribution in [3.8, 4) is 0 Å². The molecular weight excluding hydrogens is 537 g/mol. The summed E-state index contributed by atoms with van der Waals surface area (Å²) in [6, 6.07) is 31.1. The second-order valence-corrected chi connectivity index (χ2v) is 18.3. The minimum Gasteiger partial charge on any atom is -0.548 e. The molecule has 2 amide bonds. The summed E-state index contributed by atoms with van der Waals surface area (Å²) in [5, 5.41) is 2.20. The summed E-state index contributed by atoms with van der Waals surface area (Å²) < 4.78 is 6.27. The third kappa shape index (κ3) is 7.74. The maximum Gasteiger partial charge on any atom is 0.321 e. The van der Waals surface area contributed by atoms with E-state index < -0.39 is 8.32 Å². The number of urea groups is 1. The van der Waals surface area contributed by atoms with E-state index in [4.69, 9.17) is 4.43 Å². The maximum atomic E-state index is 14.0. The van der Waals surface area contributed by atoms with Crippen molar-refractivity contribution in [1.82, 2.24) is 9.80 Å². The highest BCUT2D eigenvalue weighted by molar-refractivity contribution is 8.02. The van der Waals surface area contributed by atoms with Crippen molar-refractivity contribution in [2.45, 2.75) is 68.3 Å². The molecule has 0 bridgehead atoms. The highest BCUT2D eigenvalue weighted by Gasteiger charge is 2.46. The van der Waals surface area contributed by atoms with E-state index in [-0.39, 0.29) is 22.5 Å². The summed E-state index contributed by atoms with van der Waals surface area (Å²) in [6.45, 7) is 12.4. The van der Waals surface area contributed by atoms with Crippen LogP contribution in [0.1, 0.15) is 31.9 Å². The normalized spacial score (nSPS) is 18.2. The molecule has 0 radical (unpaired) electrons. The molecule has 4 nitrogen and oxygen atoms in total. The molecule has 1 fully saturated rings. The third-order valence-corrected chi connectivity index (χ3v) is 14.0. The van der Waals surface area contributed by atoms with Gasteiger partial charge in [-0.2, -0.15) is 0 Å². The second kappa shape index (κ2) is 13.2. The third-order valence-electron chi connectivity index (χ3n) is 7.51. The summed E-state index contributed by atoms with van der Waals surface area (Å²) in [6.07, 6.45) is 1.88. The van der Waals surface area contributed by atoms with Crippen LogP contribution in [0.5, 0.6) is 0 Å². The number of carbonyl (C=O) groups is 1. The lowest BCUT2D eigenvalue weighted by Gasteiger charge is -2.34. The van der Waals surface area contributed by atoms with Crippen molar-refractivity contribution < 1.29 is 9.22 Å². The lowest BCUT2D eigenvalue weighted by atomic mass is 10.2. The van der Waals surface area contributed by atoms with Gasteiger partial charge in [0.25, 0.3) is 0 Å². The summed E-state index contributed by atoms with van der Waals surface area (Å²) in [5.74, 6) is 0.783. The van der Waals surface area contributed by atoms with Gasteiger partial charge in [0.05, 0.1) is 12.3 Å². The predicted molar refractivity (Wildman–Crippen MR) is 169 cm³/mol. The molecule has 2 atom stereocenters. The molecule has 0 spiro atoms. The van der Waals surface area contributed by atoms with Crippen LogP contribution in [0, 0.1) is 0 Å². The molecule has 1 saturated heterocycles. The molecule has 1 unspecified atom stereocenters. The Hall–Kier alpha value is -2.61. The predicted octanol–water partition coefficient (Wildman–Crippen LogP) is 8.84. The van der Waals surface area contributed by atoms with E-state index in [1.165, 1.54) is 4.90 Å². The zero-order valence-corrected chi connectivity index (χ0v) is 26.3. The van der Waals surface area contributed by atoms with Crippen molar-refractivity contribution in [3.63, 3.8) is 0 Å². The van der Waals surface area contributed by atoms with E-state index in [0.29, 0.717) is 13.1 Å². The molecule has 206 valence electrons. The Bertz CT molecular complexity index is 1220. The number of thioether (sulfide) groups is 2. The van der Waals surface area contributed by atoms with Crippen molar-refractivity contribution in [1.29, 1.82) is 0 Å². The first-order chi connectivity index (χ1) is 18.7. The largest absolute Gasteiger partial charge is 0.548 e. The van der Waals surface area contributed by atoms with Crippen LogP contribution in [0.3, 0.4) is 0 Å². The summed E-state index contributed by atoms with van der Waals surface area (Å²) >= 11 is 3.50.